The molecule has 1 heterocycles. The van der Waals surface area contributed by atoms with Crippen LogP contribution in [0.3, 0.4) is 0 Å². The Morgan fingerprint density at radius 2 is 2.14 bits per heavy atom. The van der Waals surface area contributed by atoms with Gasteiger partial charge in [-0.05, 0) is 33.3 Å². The van der Waals surface area contributed by atoms with Gasteiger partial charge in [-0.3, -0.25) is 0 Å². The molecule has 0 aliphatic rings. The molecule has 1 aromatic rings. The molecule has 5 nitrogen and oxygen atoms in total. The second kappa shape index (κ2) is 6.53. The van der Waals surface area contributed by atoms with E-state index in [9.17, 15) is 12.8 Å². The number of hydrogen-bond donors (Lipinski definition) is 1. The molecule has 0 unspecified atom stereocenters. The third-order valence-electron chi connectivity index (χ3n) is 2.92. The van der Waals surface area contributed by atoms with Crippen molar-refractivity contribution in [3.8, 4) is 5.88 Å². The standard InChI is InChI=1S/C14H21FN2O3S/c1-6-7-12(17-21(18,19)14(2,3)4)11-8-10(15)9-16-13(11)20-5/h6,8-9,12,17H,1,7H2,2-5H3/t12-/m1/s1. The van der Waals surface area contributed by atoms with Crippen LogP contribution in [0.1, 0.15) is 38.8 Å². The smallest absolute Gasteiger partial charge is 0.218 e. The molecule has 7 heteroatoms. The van der Waals surface area contributed by atoms with Gasteiger partial charge in [0, 0.05) is 5.56 Å². The first-order valence-corrected chi connectivity index (χ1v) is 7.93. The zero-order chi connectivity index (χ0) is 16.3. The molecule has 0 fully saturated rings. The predicted octanol–water partition coefficient (Wildman–Crippen LogP) is 2.56. The molecule has 0 saturated carbocycles. The Kier molecular flexibility index (Phi) is 5.47. The molecule has 118 valence electrons. The Bertz CT molecular complexity index is 609. The van der Waals surface area contributed by atoms with Crippen molar-refractivity contribution in [3.63, 3.8) is 0 Å². The number of nitrogens with zero attached hydrogens (tertiary/aromatic N) is 1. The van der Waals surface area contributed by atoms with E-state index in [0.29, 0.717) is 5.56 Å². The number of aromatic nitrogens is 1. The van der Waals surface area contributed by atoms with Crippen molar-refractivity contribution in [2.75, 3.05) is 7.11 Å². The Morgan fingerprint density at radius 1 is 1.52 bits per heavy atom. The van der Waals surface area contributed by atoms with E-state index in [1.165, 1.54) is 13.2 Å². The molecule has 0 bridgehead atoms. The maximum atomic E-state index is 13.4. The normalized spacial score (nSPS) is 13.8. The van der Waals surface area contributed by atoms with Crippen molar-refractivity contribution in [1.29, 1.82) is 0 Å². The lowest BCUT2D eigenvalue weighted by Crippen LogP contribution is -2.41. The van der Waals surface area contributed by atoms with Crippen molar-refractivity contribution in [2.45, 2.75) is 38.0 Å². The maximum absolute atomic E-state index is 13.4. The number of pyridine rings is 1. The first-order valence-electron chi connectivity index (χ1n) is 6.44. The van der Waals surface area contributed by atoms with Gasteiger partial charge in [-0.25, -0.2) is 22.5 Å². The maximum Gasteiger partial charge on any atom is 0.218 e. The highest BCUT2D eigenvalue weighted by molar-refractivity contribution is 7.90. The van der Waals surface area contributed by atoms with Crippen LogP contribution in [0.15, 0.2) is 24.9 Å². The van der Waals surface area contributed by atoms with E-state index in [0.717, 1.165) is 6.20 Å². The molecule has 1 rings (SSSR count). The van der Waals surface area contributed by atoms with E-state index >= 15 is 0 Å². The van der Waals surface area contributed by atoms with Crippen molar-refractivity contribution < 1.29 is 17.5 Å². The summed E-state index contributed by atoms with van der Waals surface area (Å²) in [7, 11) is -2.21. The van der Waals surface area contributed by atoms with E-state index in [2.05, 4.69) is 16.3 Å². The number of sulfonamides is 1. The molecular formula is C14H21FN2O3S. The fourth-order valence-electron chi connectivity index (χ4n) is 1.63. The van der Waals surface area contributed by atoms with Gasteiger partial charge in [0.15, 0.2) is 0 Å². The van der Waals surface area contributed by atoms with Gasteiger partial charge in [-0.15, -0.1) is 6.58 Å². The molecule has 21 heavy (non-hydrogen) atoms. The Labute approximate surface area is 125 Å². The van der Waals surface area contributed by atoms with Gasteiger partial charge in [0.05, 0.1) is 24.1 Å². The van der Waals surface area contributed by atoms with Crippen LogP contribution in [-0.4, -0.2) is 25.3 Å². The van der Waals surface area contributed by atoms with Crippen molar-refractivity contribution in [2.24, 2.45) is 0 Å². The molecule has 1 N–H and O–H groups in total. The summed E-state index contributed by atoms with van der Waals surface area (Å²) in [5.41, 5.74) is 0.338. The van der Waals surface area contributed by atoms with Crippen molar-refractivity contribution in [1.82, 2.24) is 9.71 Å². The number of nitrogens with one attached hydrogen (secondary N) is 1. The molecular weight excluding hydrogens is 295 g/mol. The molecule has 0 radical (unpaired) electrons. The Morgan fingerprint density at radius 3 is 2.62 bits per heavy atom. The van der Waals surface area contributed by atoms with Crippen LogP contribution in [0, 0.1) is 5.82 Å². The summed E-state index contributed by atoms with van der Waals surface area (Å²) in [5, 5.41) is 0. The van der Waals surface area contributed by atoms with Gasteiger partial charge < -0.3 is 4.74 Å². The molecule has 0 aliphatic heterocycles. The number of methoxy groups -OCH3 is 1. The molecule has 0 aliphatic carbocycles. The summed E-state index contributed by atoms with van der Waals surface area (Å²) in [4.78, 5) is 3.83. The first kappa shape index (κ1) is 17.6. The molecule has 1 atom stereocenters. The van der Waals surface area contributed by atoms with Crippen LogP contribution in [0.25, 0.3) is 0 Å². The van der Waals surface area contributed by atoms with E-state index in [1.807, 2.05) is 0 Å². The second-order valence-corrected chi connectivity index (χ2v) is 8.03. The summed E-state index contributed by atoms with van der Waals surface area (Å²) in [5.74, 6) is -0.380. The van der Waals surface area contributed by atoms with Gasteiger partial charge in [0.1, 0.15) is 5.82 Å². The molecule has 1 aromatic heterocycles. The topological polar surface area (TPSA) is 68.3 Å². The van der Waals surface area contributed by atoms with E-state index in [4.69, 9.17) is 4.74 Å². The molecule has 0 saturated heterocycles. The number of hydrogen-bond acceptors (Lipinski definition) is 4. The third-order valence-corrected chi connectivity index (χ3v) is 5.13. The number of ether oxygens (including phenoxy) is 1. The van der Waals surface area contributed by atoms with Crippen LogP contribution in [-0.2, 0) is 10.0 Å². The minimum Gasteiger partial charge on any atom is -0.481 e. The van der Waals surface area contributed by atoms with Gasteiger partial charge in [0.2, 0.25) is 15.9 Å². The average molecular weight is 316 g/mol. The molecule has 0 aromatic carbocycles. The predicted molar refractivity (Wildman–Crippen MR) is 80.1 cm³/mol. The average Bonchev–Trinajstić information content (AvgIpc) is 2.36. The highest BCUT2D eigenvalue weighted by atomic mass is 32.2. The first-order chi connectivity index (χ1) is 9.62. The van der Waals surface area contributed by atoms with Crippen LogP contribution < -0.4 is 9.46 Å². The van der Waals surface area contributed by atoms with E-state index < -0.39 is 26.6 Å². The van der Waals surface area contributed by atoms with Crippen LogP contribution in [0.5, 0.6) is 5.88 Å². The lowest BCUT2D eigenvalue weighted by atomic mass is 10.1. The fourth-order valence-corrected chi connectivity index (χ4v) is 2.58. The van der Waals surface area contributed by atoms with Crippen LogP contribution in [0.2, 0.25) is 0 Å². The monoisotopic (exact) mass is 316 g/mol. The molecule has 0 amide bonds. The summed E-state index contributed by atoms with van der Waals surface area (Å²) in [6, 6.07) is 0.524. The highest BCUT2D eigenvalue weighted by Crippen LogP contribution is 2.28. The van der Waals surface area contributed by atoms with Crippen molar-refractivity contribution in [3.05, 3.63) is 36.3 Å². The summed E-state index contributed by atoms with van der Waals surface area (Å²) >= 11 is 0. The minimum absolute atomic E-state index is 0.180. The number of rotatable bonds is 6. The summed E-state index contributed by atoms with van der Waals surface area (Å²) < 4.78 is 44.7. The van der Waals surface area contributed by atoms with Crippen molar-refractivity contribution >= 4 is 10.0 Å². The van der Waals surface area contributed by atoms with Gasteiger partial charge >= 0.3 is 0 Å². The van der Waals surface area contributed by atoms with Gasteiger partial charge in [0.25, 0.3) is 0 Å². The minimum atomic E-state index is -3.61. The van der Waals surface area contributed by atoms with Crippen LogP contribution in [0.4, 0.5) is 4.39 Å². The van der Waals surface area contributed by atoms with Crippen LogP contribution >= 0.6 is 0 Å². The van der Waals surface area contributed by atoms with E-state index in [1.54, 1.807) is 26.8 Å². The number of halogens is 1. The zero-order valence-electron chi connectivity index (χ0n) is 12.7. The fraction of sp³-hybridized carbons (Fsp3) is 0.500. The summed E-state index contributed by atoms with van der Waals surface area (Å²) in [6.07, 6.45) is 2.86. The third kappa shape index (κ3) is 4.25. The Balaban J connectivity index is 3.25. The Hall–Kier alpha value is -1.47. The quantitative estimate of drug-likeness (QED) is 0.819. The highest BCUT2D eigenvalue weighted by Gasteiger charge is 2.32. The second-order valence-electron chi connectivity index (χ2n) is 5.56. The van der Waals surface area contributed by atoms with Gasteiger partial charge in [-0.1, -0.05) is 6.08 Å². The largest absolute Gasteiger partial charge is 0.481 e. The summed E-state index contributed by atoms with van der Waals surface area (Å²) in [6.45, 7) is 8.36. The lowest BCUT2D eigenvalue weighted by Gasteiger charge is -2.25. The van der Waals surface area contributed by atoms with Gasteiger partial charge in [-0.2, -0.15) is 0 Å². The van der Waals surface area contributed by atoms with E-state index in [-0.39, 0.29) is 12.3 Å². The lowest BCUT2D eigenvalue weighted by molar-refractivity contribution is 0.383. The molecule has 0 spiro atoms. The zero-order valence-corrected chi connectivity index (χ0v) is 13.5. The SMILES string of the molecule is C=CC[C@@H](NS(=O)(=O)C(C)(C)C)c1cc(F)cnc1OC.